The first-order chi connectivity index (χ1) is 8.22. The van der Waals surface area contributed by atoms with E-state index >= 15 is 0 Å². The highest BCUT2D eigenvalue weighted by Gasteiger charge is 2.11. The van der Waals surface area contributed by atoms with E-state index < -0.39 is 6.09 Å². The van der Waals surface area contributed by atoms with Crippen LogP contribution in [-0.2, 0) is 0 Å². The van der Waals surface area contributed by atoms with Gasteiger partial charge in [0.1, 0.15) is 12.5 Å². The number of hydrogen-bond donors (Lipinski definition) is 1. The van der Waals surface area contributed by atoms with E-state index in [9.17, 15) is 4.79 Å². The van der Waals surface area contributed by atoms with E-state index in [0.717, 1.165) is 15.7 Å². The van der Waals surface area contributed by atoms with Crippen molar-refractivity contribution in [3.05, 3.63) is 42.5 Å². The minimum absolute atomic E-state index is 0.371. The Morgan fingerprint density at radius 3 is 2.71 bits per heavy atom. The molecule has 88 valence electrons. The average molecular weight is 231 g/mol. The Balaban J connectivity index is 2.33. The number of carbonyl (C=O) groups is 1. The molecule has 0 aromatic heterocycles. The molecule has 0 aliphatic heterocycles. The van der Waals surface area contributed by atoms with Crippen LogP contribution in [0, 0.1) is 0 Å². The van der Waals surface area contributed by atoms with E-state index in [4.69, 9.17) is 9.84 Å². The third-order valence-corrected chi connectivity index (χ3v) is 2.47. The molecule has 0 fully saturated rings. The predicted molar refractivity (Wildman–Crippen MR) is 64.8 cm³/mol. The standard InChI is InChI=1S/C13H13NO3/c1-14(9-15)13(16)17-12-8-4-6-10-5-2-3-7-11(10)12/h2-8,15H,9H2,1H3. The molecule has 0 aliphatic rings. The van der Waals surface area contributed by atoms with Crippen LogP contribution < -0.4 is 4.74 Å². The second-order valence-corrected chi connectivity index (χ2v) is 3.68. The van der Waals surface area contributed by atoms with Crippen LogP contribution in [0.3, 0.4) is 0 Å². The largest absolute Gasteiger partial charge is 0.416 e. The predicted octanol–water partition coefficient (Wildman–Crippen LogP) is 2.22. The zero-order valence-corrected chi connectivity index (χ0v) is 9.46. The summed E-state index contributed by atoms with van der Waals surface area (Å²) in [4.78, 5) is 12.6. The number of carbonyl (C=O) groups excluding carboxylic acids is 1. The highest BCUT2D eigenvalue weighted by Crippen LogP contribution is 2.25. The average Bonchev–Trinajstić information content (AvgIpc) is 2.38. The molecular weight excluding hydrogens is 218 g/mol. The Morgan fingerprint density at radius 2 is 1.94 bits per heavy atom. The number of ether oxygens (including phenoxy) is 1. The molecule has 2 rings (SSSR count). The first-order valence-corrected chi connectivity index (χ1v) is 5.24. The number of amides is 1. The van der Waals surface area contributed by atoms with Crippen molar-refractivity contribution in [2.75, 3.05) is 13.8 Å². The van der Waals surface area contributed by atoms with Crippen molar-refractivity contribution in [2.45, 2.75) is 0 Å². The lowest BCUT2D eigenvalue weighted by atomic mass is 10.1. The highest BCUT2D eigenvalue weighted by atomic mass is 16.6. The van der Waals surface area contributed by atoms with Crippen LogP contribution in [0.2, 0.25) is 0 Å². The number of benzene rings is 2. The monoisotopic (exact) mass is 231 g/mol. The van der Waals surface area contributed by atoms with Gasteiger partial charge in [-0.1, -0.05) is 36.4 Å². The third kappa shape index (κ3) is 2.37. The molecule has 17 heavy (non-hydrogen) atoms. The number of rotatable bonds is 2. The van der Waals surface area contributed by atoms with Gasteiger partial charge in [-0.15, -0.1) is 0 Å². The number of aliphatic hydroxyl groups is 1. The van der Waals surface area contributed by atoms with Gasteiger partial charge in [0, 0.05) is 12.4 Å². The van der Waals surface area contributed by atoms with Gasteiger partial charge in [-0.25, -0.2) is 4.79 Å². The number of hydrogen-bond acceptors (Lipinski definition) is 3. The van der Waals surface area contributed by atoms with Gasteiger partial charge in [0.25, 0.3) is 0 Å². The minimum Gasteiger partial charge on any atom is -0.409 e. The van der Waals surface area contributed by atoms with Gasteiger partial charge < -0.3 is 9.84 Å². The van der Waals surface area contributed by atoms with Crippen LogP contribution in [0.25, 0.3) is 10.8 Å². The lowest BCUT2D eigenvalue weighted by molar-refractivity contribution is 0.110. The maximum atomic E-state index is 11.5. The molecule has 0 atom stereocenters. The van der Waals surface area contributed by atoms with E-state index in [1.54, 1.807) is 6.07 Å². The first kappa shape index (κ1) is 11.4. The van der Waals surface area contributed by atoms with Crippen molar-refractivity contribution in [1.29, 1.82) is 0 Å². The van der Waals surface area contributed by atoms with Gasteiger partial charge >= 0.3 is 6.09 Å². The van der Waals surface area contributed by atoms with E-state index in [2.05, 4.69) is 0 Å². The van der Waals surface area contributed by atoms with Crippen molar-refractivity contribution in [2.24, 2.45) is 0 Å². The summed E-state index contributed by atoms with van der Waals surface area (Å²) in [5, 5.41) is 10.7. The molecule has 0 bridgehead atoms. The Labute approximate surface area is 99.0 Å². The van der Waals surface area contributed by atoms with Gasteiger partial charge in [0.15, 0.2) is 0 Å². The fourth-order valence-corrected chi connectivity index (χ4v) is 1.51. The summed E-state index contributed by atoms with van der Waals surface area (Å²) < 4.78 is 5.21. The molecule has 4 nitrogen and oxygen atoms in total. The van der Waals surface area contributed by atoms with Crippen LogP contribution in [-0.4, -0.2) is 29.9 Å². The van der Waals surface area contributed by atoms with Gasteiger partial charge in [-0.05, 0) is 11.5 Å². The molecule has 0 saturated carbocycles. The second kappa shape index (κ2) is 4.84. The summed E-state index contributed by atoms with van der Waals surface area (Å²) in [6.45, 7) is -0.371. The molecule has 4 heteroatoms. The Kier molecular flexibility index (Phi) is 3.25. The van der Waals surface area contributed by atoms with E-state index in [0.29, 0.717) is 5.75 Å². The second-order valence-electron chi connectivity index (χ2n) is 3.68. The fourth-order valence-electron chi connectivity index (χ4n) is 1.51. The SMILES string of the molecule is CN(CO)C(=O)Oc1cccc2ccccc12. The lowest BCUT2D eigenvalue weighted by Gasteiger charge is -2.14. The van der Waals surface area contributed by atoms with Crippen molar-refractivity contribution in [3.8, 4) is 5.75 Å². The normalized spacial score (nSPS) is 10.2. The summed E-state index contributed by atoms with van der Waals surface area (Å²) in [5.74, 6) is 0.494. The van der Waals surface area contributed by atoms with Gasteiger partial charge in [-0.3, -0.25) is 4.90 Å². The number of nitrogens with zero attached hydrogens (tertiary/aromatic N) is 1. The van der Waals surface area contributed by atoms with Crippen molar-refractivity contribution >= 4 is 16.9 Å². The van der Waals surface area contributed by atoms with Crippen molar-refractivity contribution < 1.29 is 14.6 Å². The lowest BCUT2D eigenvalue weighted by Crippen LogP contribution is -2.30. The zero-order valence-electron chi connectivity index (χ0n) is 9.46. The molecule has 2 aromatic carbocycles. The smallest absolute Gasteiger partial charge is 0.409 e. The highest BCUT2D eigenvalue weighted by molar-refractivity contribution is 5.90. The number of fused-ring (bicyclic) bond motifs is 1. The summed E-state index contributed by atoms with van der Waals surface area (Å²) in [6, 6.07) is 13.1. The van der Waals surface area contributed by atoms with Gasteiger partial charge in [0.2, 0.25) is 0 Å². The summed E-state index contributed by atoms with van der Waals surface area (Å²) in [5.41, 5.74) is 0. The summed E-state index contributed by atoms with van der Waals surface area (Å²) >= 11 is 0. The maximum absolute atomic E-state index is 11.5. The topological polar surface area (TPSA) is 49.8 Å². The van der Waals surface area contributed by atoms with Crippen LogP contribution in [0.5, 0.6) is 5.75 Å². The summed E-state index contributed by atoms with van der Waals surface area (Å²) in [7, 11) is 1.47. The van der Waals surface area contributed by atoms with E-state index in [1.807, 2.05) is 36.4 Å². The van der Waals surface area contributed by atoms with Crippen LogP contribution >= 0.6 is 0 Å². The Morgan fingerprint density at radius 1 is 1.24 bits per heavy atom. The Hall–Kier alpha value is -2.07. The Bertz CT molecular complexity index is 534. The minimum atomic E-state index is -0.580. The molecule has 1 amide bonds. The maximum Gasteiger partial charge on any atom is 0.416 e. The van der Waals surface area contributed by atoms with E-state index in [1.165, 1.54) is 7.05 Å². The van der Waals surface area contributed by atoms with E-state index in [-0.39, 0.29) is 6.73 Å². The summed E-state index contributed by atoms with van der Waals surface area (Å²) in [6.07, 6.45) is -0.580. The molecule has 0 radical (unpaired) electrons. The molecule has 0 aliphatic carbocycles. The molecule has 0 saturated heterocycles. The first-order valence-electron chi connectivity index (χ1n) is 5.24. The molecule has 1 N–H and O–H groups in total. The zero-order chi connectivity index (χ0) is 12.3. The van der Waals surface area contributed by atoms with Crippen LogP contribution in [0.1, 0.15) is 0 Å². The van der Waals surface area contributed by atoms with Gasteiger partial charge in [-0.2, -0.15) is 0 Å². The van der Waals surface area contributed by atoms with Crippen molar-refractivity contribution in [1.82, 2.24) is 4.90 Å². The fraction of sp³-hybridized carbons (Fsp3) is 0.154. The number of aliphatic hydroxyl groups excluding tert-OH is 1. The van der Waals surface area contributed by atoms with Crippen molar-refractivity contribution in [3.63, 3.8) is 0 Å². The molecule has 0 heterocycles. The van der Waals surface area contributed by atoms with Gasteiger partial charge in [0.05, 0.1) is 0 Å². The quantitative estimate of drug-likeness (QED) is 0.806. The molecular formula is C13H13NO3. The molecule has 0 unspecified atom stereocenters. The molecule has 0 spiro atoms. The van der Waals surface area contributed by atoms with Crippen LogP contribution in [0.4, 0.5) is 4.79 Å². The third-order valence-electron chi connectivity index (χ3n) is 2.47. The molecule has 2 aromatic rings. The van der Waals surface area contributed by atoms with Crippen LogP contribution in [0.15, 0.2) is 42.5 Å².